The second-order valence-electron chi connectivity index (χ2n) is 4.58. The van der Waals surface area contributed by atoms with Gasteiger partial charge in [0.25, 0.3) is 0 Å². The molecule has 5 heteroatoms. The first-order valence-electron chi connectivity index (χ1n) is 7.05. The number of hydrogen-bond donors (Lipinski definition) is 1. The largest absolute Gasteiger partial charge is 0.864 e. The van der Waals surface area contributed by atoms with Crippen LogP contribution >= 0.6 is 0 Å². The predicted molar refractivity (Wildman–Crippen MR) is 92.0 cm³/mol. The molecule has 0 aliphatic rings. The van der Waals surface area contributed by atoms with Crippen LogP contribution in [0.3, 0.4) is 0 Å². The lowest BCUT2D eigenvalue weighted by atomic mass is 10.2. The Balaban J connectivity index is 0.00000192. The molecular weight excluding hydrogens is 289 g/mol. The molecular formula is C18H18BNO3. The molecule has 3 aromatic carbocycles. The van der Waals surface area contributed by atoms with Gasteiger partial charge in [-0.15, -0.1) is 0 Å². The molecule has 3 rings (SSSR count). The number of hydrogen-bond acceptors (Lipinski definition) is 4. The van der Waals surface area contributed by atoms with Crippen molar-refractivity contribution in [2.75, 3.05) is 0 Å². The third-order valence-corrected chi connectivity index (χ3v) is 2.93. The molecule has 0 aromatic heterocycles. The van der Waals surface area contributed by atoms with Crippen LogP contribution in [0.15, 0.2) is 91.0 Å². The van der Waals surface area contributed by atoms with E-state index in [-0.39, 0.29) is 6.15 Å². The standard InChI is InChI=1S/C18H15BO3.H3N/c1-4-10-16(11-5-1)20-19(21-17-12-6-2-7-13-17)22-18-14-8-3-9-15-18;/h1-15H;1H3. The van der Waals surface area contributed by atoms with E-state index >= 15 is 0 Å². The van der Waals surface area contributed by atoms with Gasteiger partial charge < -0.3 is 20.1 Å². The van der Waals surface area contributed by atoms with Gasteiger partial charge in [-0.05, 0) is 36.4 Å². The highest BCUT2D eigenvalue weighted by Crippen LogP contribution is 2.17. The highest BCUT2D eigenvalue weighted by Gasteiger charge is 2.29. The summed E-state index contributed by atoms with van der Waals surface area (Å²) in [7, 11) is -0.868. The van der Waals surface area contributed by atoms with Gasteiger partial charge in [0, 0.05) is 0 Å². The van der Waals surface area contributed by atoms with Crippen molar-refractivity contribution >= 4 is 7.32 Å². The van der Waals surface area contributed by atoms with Gasteiger partial charge in [-0.1, -0.05) is 54.6 Å². The van der Waals surface area contributed by atoms with Crippen molar-refractivity contribution in [3.05, 3.63) is 91.0 Å². The van der Waals surface area contributed by atoms with E-state index in [0.29, 0.717) is 17.2 Å². The molecule has 0 fully saturated rings. The van der Waals surface area contributed by atoms with Gasteiger partial charge in [-0.25, -0.2) is 0 Å². The van der Waals surface area contributed by atoms with Crippen molar-refractivity contribution in [1.82, 2.24) is 6.15 Å². The summed E-state index contributed by atoms with van der Waals surface area (Å²) < 4.78 is 17.3. The van der Waals surface area contributed by atoms with Gasteiger partial charge in [-0.2, -0.15) is 0 Å². The minimum Gasteiger partial charge on any atom is -0.490 e. The Labute approximate surface area is 136 Å². The van der Waals surface area contributed by atoms with Gasteiger partial charge in [0.15, 0.2) is 0 Å². The first-order valence-corrected chi connectivity index (χ1v) is 7.05. The van der Waals surface area contributed by atoms with Crippen LogP contribution in [0, 0.1) is 0 Å². The average Bonchev–Trinajstić information content (AvgIpc) is 2.57. The minimum atomic E-state index is -0.868. The fourth-order valence-electron chi connectivity index (χ4n) is 1.90. The van der Waals surface area contributed by atoms with Crippen LogP contribution in [0.4, 0.5) is 0 Å². The van der Waals surface area contributed by atoms with E-state index in [9.17, 15) is 0 Å². The van der Waals surface area contributed by atoms with Crippen molar-refractivity contribution in [3.63, 3.8) is 0 Å². The van der Waals surface area contributed by atoms with Crippen LogP contribution in [0.25, 0.3) is 0 Å². The van der Waals surface area contributed by atoms with Crippen molar-refractivity contribution in [1.29, 1.82) is 0 Å². The molecule has 0 atom stereocenters. The Hall–Kier alpha value is -2.92. The summed E-state index contributed by atoms with van der Waals surface area (Å²) in [5.41, 5.74) is 0. The predicted octanol–water partition coefficient (Wildman–Crippen LogP) is 4.37. The first kappa shape index (κ1) is 16.5. The Bertz CT molecular complexity index is 582. The molecule has 0 amide bonds. The maximum atomic E-state index is 5.78. The third kappa shape index (κ3) is 5.09. The first-order chi connectivity index (χ1) is 10.9. The Morgan fingerprint density at radius 2 is 0.696 bits per heavy atom. The molecule has 0 bridgehead atoms. The van der Waals surface area contributed by atoms with Crippen LogP contribution in [0.1, 0.15) is 0 Å². The average molecular weight is 307 g/mol. The molecule has 0 aliphatic carbocycles. The smallest absolute Gasteiger partial charge is 0.490 e. The monoisotopic (exact) mass is 307 g/mol. The van der Waals surface area contributed by atoms with Crippen molar-refractivity contribution in [2.45, 2.75) is 0 Å². The maximum Gasteiger partial charge on any atom is 0.864 e. The summed E-state index contributed by atoms with van der Waals surface area (Å²) in [6.07, 6.45) is 0. The summed E-state index contributed by atoms with van der Waals surface area (Å²) >= 11 is 0. The second-order valence-corrected chi connectivity index (χ2v) is 4.58. The zero-order chi connectivity index (χ0) is 15.0. The van der Waals surface area contributed by atoms with E-state index < -0.39 is 7.32 Å². The number of para-hydroxylation sites is 3. The van der Waals surface area contributed by atoms with E-state index in [4.69, 9.17) is 14.0 Å². The van der Waals surface area contributed by atoms with Crippen LogP contribution in [0.2, 0.25) is 0 Å². The van der Waals surface area contributed by atoms with E-state index in [0.717, 1.165) is 0 Å². The van der Waals surface area contributed by atoms with Crippen molar-refractivity contribution in [3.8, 4) is 17.2 Å². The van der Waals surface area contributed by atoms with E-state index in [1.54, 1.807) is 0 Å². The summed E-state index contributed by atoms with van der Waals surface area (Å²) in [5, 5.41) is 0. The Morgan fingerprint density at radius 1 is 0.435 bits per heavy atom. The molecule has 0 heterocycles. The van der Waals surface area contributed by atoms with Gasteiger partial charge >= 0.3 is 7.32 Å². The summed E-state index contributed by atoms with van der Waals surface area (Å²) in [4.78, 5) is 0. The minimum absolute atomic E-state index is 0. The SMILES string of the molecule is N.c1ccc(OB(Oc2ccccc2)Oc2ccccc2)cc1. The molecule has 0 unspecified atom stereocenters. The van der Waals surface area contributed by atoms with Crippen molar-refractivity contribution < 1.29 is 14.0 Å². The summed E-state index contributed by atoms with van der Waals surface area (Å²) in [6.45, 7) is 0. The van der Waals surface area contributed by atoms with Crippen molar-refractivity contribution in [2.24, 2.45) is 0 Å². The molecule has 0 spiro atoms. The lowest BCUT2D eigenvalue weighted by Crippen LogP contribution is -2.36. The number of rotatable bonds is 6. The third-order valence-electron chi connectivity index (χ3n) is 2.93. The van der Waals surface area contributed by atoms with Crippen LogP contribution < -0.4 is 20.1 Å². The van der Waals surface area contributed by atoms with Crippen LogP contribution in [-0.4, -0.2) is 7.32 Å². The highest BCUT2D eigenvalue weighted by molar-refractivity contribution is 6.39. The molecule has 3 N–H and O–H groups in total. The van der Waals surface area contributed by atoms with Gasteiger partial charge in [-0.3, -0.25) is 0 Å². The topological polar surface area (TPSA) is 62.7 Å². The fraction of sp³-hybridized carbons (Fsp3) is 0. The molecule has 4 nitrogen and oxygen atoms in total. The molecule has 0 saturated carbocycles. The van der Waals surface area contributed by atoms with Gasteiger partial charge in [0.05, 0.1) is 0 Å². The fourth-order valence-corrected chi connectivity index (χ4v) is 1.90. The van der Waals surface area contributed by atoms with E-state index in [1.165, 1.54) is 0 Å². The molecule has 0 radical (unpaired) electrons. The Kier molecular flexibility index (Phi) is 6.09. The zero-order valence-electron chi connectivity index (χ0n) is 12.7. The highest BCUT2D eigenvalue weighted by atomic mass is 16.7. The molecule has 116 valence electrons. The summed E-state index contributed by atoms with van der Waals surface area (Å²) in [5.74, 6) is 2.04. The van der Waals surface area contributed by atoms with E-state index in [2.05, 4.69) is 0 Å². The van der Waals surface area contributed by atoms with Crippen LogP contribution in [0.5, 0.6) is 17.2 Å². The molecule has 23 heavy (non-hydrogen) atoms. The lowest BCUT2D eigenvalue weighted by Gasteiger charge is -2.16. The molecule has 3 aromatic rings. The maximum absolute atomic E-state index is 5.78. The normalized spacial score (nSPS) is 9.39. The van der Waals surface area contributed by atoms with Crippen LogP contribution in [-0.2, 0) is 0 Å². The second kappa shape index (κ2) is 8.51. The lowest BCUT2D eigenvalue weighted by molar-refractivity contribution is 0.307. The molecule has 0 aliphatic heterocycles. The summed E-state index contributed by atoms with van der Waals surface area (Å²) in [6, 6.07) is 28.3. The quantitative estimate of drug-likeness (QED) is 0.687. The zero-order valence-corrected chi connectivity index (χ0v) is 12.7. The Morgan fingerprint density at radius 3 is 0.957 bits per heavy atom. The number of benzene rings is 3. The van der Waals surface area contributed by atoms with E-state index in [1.807, 2.05) is 91.0 Å². The van der Waals surface area contributed by atoms with Gasteiger partial charge in [0.1, 0.15) is 17.2 Å². The van der Waals surface area contributed by atoms with Gasteiger partial charge in [0.2, 0.25) is 0 Å². The molecule has 0 saturated heterocycles.